The van der Waals surface area contributed by atoms with E-state index in [9.17, 15) is 4.79 Å². The Bertz CT molecular complexity index is 399. The van der Waals surface area contributed by atoms with Crippen LogP contribution in [0.2, 0.25) is 0 Å². The van der Waals surface area contributed by atoms with E-state index in [0.29, 0.717) is 5.56 Å². The van der Waals surface area contributed by atoms with Crippen LogP contribution in [0.25, 0.3) is 0 Å². The van der Waals surface area contributed by atoms with Crippen molar-refractivity contribution in [1.29, 1.82) is 0 Å². The Balaban J connectivity index is 2.32. The van der Waals surface area contributed by atoms with Crippen LogP contribution in [0.3, 0.4) is 0 Å². The number of hydrogen-bond donors (Lipinski definition) is 1. The van der Waals surface area contributed by atoms with Gasteiger partial charge in [-0.1, -0.05) is 51.4 Å². The average molecular weight is 489 g/mol. The van der Waals surface area contributed by atoms with Crippen LogP contribution in [0, 0.1) is 0 Å². The van der Waals surface area contributed by atoms with Crippen molar-refractivity contribution in [1.82, 2.24) is 5.32 Å². The molecule has 0 aromatic heterocycles. The molecule has 0 unspecified atom stereocenters. The number of halogens is 3. The third-order valence-electron chi connectivity index (χ3n) is 2.52. The van der Waals surface area contributed by atoms with Crippen molar-refractivity contribution < 1.29 is 4.79 Å². The highest BCUT2D eigenvalue weighted by atomic mass is 127. The van der Waals surface area contributed by atoms with Gasteiger partial charge in [-0.2, -0.15) is 0 Å². The molecule has 0 atom stereocenters. The molecule has 0 radical (unpaired) electrons. The van der Waals surface area contributed by atoms with Gasteiger partial charge >= 0.3 is 0 Å². The summed E-state index contributed by atoms with van der Waals surface area (Å²) in [4.78, 5) is 11.9. The zero-order chi connectivity index (χ0) is 13.4. The molecule has 18 heavy (non-hydrogen) atoms. The number of hydrogen-bond acceptors (Lipinski definition) is 1. The van der Waals surface area contributed by atoms with Crippen LogP contribution in [0.5, 0.6) is 0 Å². The lowest BCUT2D eigenvalue weighted by atomic mass is 10.2. The minimum Gasteiger partial charge on any atom is -0.352 e. The molecule has 1 amide bonds. The molecule has 1 rings (SSSR count). The molecule has 2 nitrogen and oxygen atoms in total. The lowest BCUT2D eigenvalue weighted by Crippen LogP contribution is -2.24. The Labute approximate surface area is 139 Å². The molecule has 0 saturated carbocycles. The van der Waals surface area contributed by atoms with Crippen molar-refractivity contribution in [2.75, 3.05) is 11.0 Å². The third-order valence-corrected chi connectivity index (χ3v) is 4.43. The van der Waals surface area contributed by atoms with Gasteiger partial charge in [0.15, 0.2) is 0 Å². The van der Waals surface area contributed by atoms with Gasteiger partial charge in [0.1, 0.15) is 0 Å². The summed E-state index contributed by atoms with van der Waals surface area (Å²) in [6.07, 6.45) is 4.76. The molecule has 1 aromatic carbocycles. The van der Waals surface area contributed by atoms with E-state index in [4.69, 9.17) is 0 Å². The van der Waals surface area contributed by atoms with Gasteiger partial charge in [-0.15, -0.1) is 0 Å². The number of rotatable bonds is 7. The van der Waals surface area contributed by atoms with Crippen LogP contribution >= 0.6 is 54.5 Å². The van der Waals surface area contributed by atoms with E-state index in [1.54, 1.807) is 0 Å². The Kier molecular flexibility index (Phi) is 8.50. The minimum absolute atomic E-state index is 0.0109. The largest absolute Gasteiger partial charge is 0.352 e. The van der Waals surface area contributed by atoms with E-state index in [1.165, 1.54) is 23.7 Å². The van der Waals surface area contributed by atoms with E-state index < -0.39 is 0 Å². The number of carbonyl (C=O) groups is 1. The summed E-state index contributed by atoms with van der Waals surface area (Å²) in [5.41, 5.74) is 0.686. The number of benzene rings is 1. The standard InChI is InChI=1S/C13H16Br2INO/c14-10-5-6-11(12(15)9-10)13(18)17-8-4-2-1-3-7-16/h5-6,9H,1-4,7-8H2,(H,17,18). The summed E-state index contributed by atoms with van der Waals surface area (Å²) < 4.78 is 3.00. The first-order valence-electron chi connectivity index (χ1n) is 5.94. The van der Waals surface area contributed by atoms with Crippen LogP contribution in [0.4, 0.5) is 0 Å². The van der Waals surface area contributed by atoms with E-state index in [-0.39, 0.29) is 5.91 Å². The van der Waals surface area contributed by atoms with E-state index in [2.05, 4.69) is 59.8 Å². The molecule has 0 spiro atoms. The van der Waals surface area contributed by atoms with E-state index >= 15 is 0 Å². The lowest BCUT2D eigenvalue weighted by Gasteiger charge is -2.07. The van der Waals surface area contributed by atoms with E-state index in [1.807, 2.05) is 18.2 Å². The van der Waals surface area contributed by atoms with Gasteiger partial charge in [-0.05, 0) is 51.4 Å². The minimum atomic E-state index is -0.0109. The fourth-order valence-corrected chi connectivity index (χ4v) is 3.31. The molecule has 0 saturated heterocycles. The first kappa shape index (κ1) is 16.4. The van der Waals surface area contributed by atoms with Gasteiger partial charge in [-0.25, -0.2) is 0 Å². The molecule has 100 valence electrons. The number of nitrogens with one attached hydrogen (secondary N) is 1. The maximum Gasteiger partial charge on any atom is 0.252 e. The van der Waals surface area contributed by atoms with Gasteiger partial charge in [0, 0.05) is 15.5 Å². The number of carbonyl (C=O) groups excluding carboxylic acids is 1. The van der Waals surface area contributed by atoms with Gasteiger partial charge in [0.25, 0.3) is 5.91 Å². The Morgan fingerprint density at radius 3 is 2.56 bits per heavy atom. The second-order valence-electron chi connectivity index (χ2n) is 3.98. The Morgan fingerprint density at radius 2 is 1.89 bits per heavy atom. The molecule has 0 aliphatic carbocycles. The van der Waals surface area contributed by atoms with Gasteiger partial charge in [-0.3, -0.25) is 4.79 Å². The molecular weight excluding hydrogens is 473 g/mol. The third kappa shape index (κ3) is 6.02. The number of alkyl halides is 1. The van der Waals surface area contributed by atoms with Crippen molar-refractivity contribution in [3.8, 4) is 0 Å². The molecule has 0 bridgehead atoms. The quantitative estimate of drug-likeness (QED) is 0.329. The topological polar surface area (TPSA) is 29.1 Å². The predicted octanol–water partition coefficient (Wildman–Crippen LogP) is 4.94. The summed E-state index contributed by atoms with van der Waals surface area (Å²) >= 11 is 9.16. The average Bonchev–Trinajstić information content (AvgIpc) is 2.33. The smallest absolute Gasteiger partial charge is 0.252 e. The predicted molar refractivity (Wildman–Crippen MR) is 91.5 cm³/mol. The summed E-state index contributed by atoms with van der Waals surface area (Å²) in [5.74, 6) is -0.0109. The normalized spacial score (nSPS) is 10.4. The molecule has 1 aromatic rings. The maximum absolute atomic E-state index is 11.9. The first-order chi connectivity index (χ1) is 8.65. The van der Waals surface area contributed by atoms with Crippen molar-refractivity contribution in [3.63, 3.8) is 0 Å². The van der Waals surface area contributed by atoms with Crippen molar-refractivity contribution in [2.24, 2.45) is 0 Å². The Morgan fingerprint density at radius 1 is 1.17 bits per heavy atom. The van der Waals surface area contributed by atoms with E-state index in [0.717, 1.165) is 21.9 Å². The highest BCUT2D eigenvalue weighted by Gasteiger charge is 2.09. The zero-order valence-corrected chi connectivity index (χ0v) is 15.3. The summed E-state index contributed by atoms with van der Waals surface area (Å²) in [6.45, 7) is 0.753. The fraction of sp³-hybridized carbons (Fsp3) is 0.462. The van der Waals surface area contributed by atoms with Crippen LogP contribution < -0.4 is 5.32 Å². The fourth-order valence-electron chi connectivity index (χ4n) is 1.54. The van der Waals surface area contributed by atoms with Crippen LogP contribution in [-0.2, 0) is 0 Å². The van der Waals surface area contributed by atoms with Crippen LogP contribution in [-0.4, -0.2) is 16.9 Å². The summed E-state index contributed by atoms with van der Waals surface area (Å²) in [5, 5.41) is 2.95. The van der Waals surface area contributed by atoms with Gasteiger partial charge in [0.05, 0.1) is 5.56 Å². The second kappa shape index (κ2) is 9.31. The zero-order valence-electron chi connectivity index (χ0n) is 10.0. The maximum atomic E-state index is 11.9. The molecule has 0 heterocycles. The highest BCUT2D eigenvalue weighted by Crippen LogP contribution is 2.21. The Hall–Kier alpha value is 0.380. The molecule has 0 fully saturated rings. The molecule has 5 heteroatoms. The number of amides is 1. The second-order valence-corrected chi connectivity index (χ2v) is 6.83. The van der Waals surface area contributed by atoms with Gasteiger partial charge < -0.3 is 5.32 Å². The van der Waals surface area contributed by atoms with Crippen molar-refractivity contribution in [2.45, 2.75) is 25.7 Å². The molecule has 0 aliphatic rings. The van der Waals surface area contributed by atoms with Gasteiger partial charge in [0.2, 0.25) is 0 Å². The summed E-state index contributed by atoms with van der Waals surface area (Å²) in [7, 11) is 0. The highest BCUT2D eigenvalue weighted by molar-refractivity contribution is 14.1. The molecular formula is C13H16Br2INO. The molecule has 1 N–H and O–H groups in total. The number of unbranched alkanes of at least 4 members (excludes halogenated alkanes) is 3. The van der Waals surface area contributed by atoms with Crippen molar-refractivity contribution >= 4 is 60.4 Å². The monoisotopic (exact) mass is 487 g/mol. The first-order valence-corrected chi connectivity index (χ1v) is 9.05. The molecule has 0 aliphatic heterocycles. The van der Waals surface area contributed by atoms with Crippen LogP contribution in [0.1, 0.15) is 36.0 Å². The van der Waals surface area contributed by atoms with Crippen LogP contribution in [0.15, 0.2) is 27.1 Å². The SMILES string of the molecule is O=C(NCCCCCCI)c1ccc(Br)cc1Br. The lowest BCUT2D eigenvalue weighted by molar-refractivity contribution is 0.0952. The summed E-state index contributed by atoms with van der Waals surface area (Å²) in [6, 6.07) is 5.58. The van der Waals surface area contributed by atoms with Crippen molar-refractivity contribution in [3.05, 3.63) is 32.7 Å².